The number of carbonyl (C=O) groups is 1. The van der Waals surface area contributed by atoms with Gasteiger partial charge in [-0.3, -0.25) is 0 Å². The van der Waals surface area contributed by atoms with Crippen molar-refractivity contribution in [3.8, 4) is 11.3 Å². The molecule has 0 unspecified atom stereocenters. The molecule has 1 heterocycles. The number of aromatic carboxylic acids is 1. The third-order valence-corrected chi connectivity index (χ3v) is 2.61. The van der Waals surface area contributed by atoms with Gasteiger partial charge in [0.1, 0.15) is 11.4 Å². The molecular weight excluding hydrogens is 254 g/mol. The number of aryl methyl sites for hydroxylation is 2. The smallest absolute Gasteiger partial charge is 0.339 e. The number of nitrogens with zero attached hydrogens (tertiary/aromatic N) is 2. The number of halogens is 2. The molecule has 0 bridgehead atoms. The molecule has 0 saturated heterocycles. The summed E-state index contributed by atoms with van der Waals surface area (Å²) >= 11 is 0. The van der Waals surface area contributed by atoms with Gasteiger partial charge in [0.25, 0.3) is 0 Å². The van der Waals surface area contributed by atoms with E-state index in [1.165, 1.54) is 13.0 Å². The monoisotopic (exact) mass is 264 g/mol. The number of rotatable bonds is 2. The average molecular weight is 264 g/mol. The van der Waals surface area contributed by atoms with Gasteiger partial charge in [-0.05, 0) is 32.0 Å². The molecule has 1 aromatic carbocycles. The summed E-state index contributed by atoms with van der Waals surface area (Å²) in [6.07, 6.45) is 0. The van der Waals surface area contributed by atoms with Crippen LogP contribution in [-0.4, -0.2) is 21.0 Å². The van der Waals surface area contributed by atoms with E-state index in [2.05, 4.69) is 9.97 Å². The van der Waals surface area contributed by atoms with Crippen LogP contribution in [0.1, 0.15) is 21.9 Å². The maximum atomic E-state index is 13.2. The highest BCUT2D eigenvalue weighted by atomic mass is 19.2. The lowest BCUT2D eigenvalue weighted by Gasteiger charge is -2.09. The maximum absolute atomic E-state index is 13.2. The fourth-order valence-corrected chi connectivity index (χ4v) is 1.82. The SMILES string of the molecule is Cc1nc(C)c(C(=O)O)c(-c2ccc(F)c(F)c2)n1. The molecule has 4 nitrogen and oxygen atoms in total. The van der Waals surface area contributed by atoms with Crippen molar-refractivity contribution in [3.05, 3.63) is 46.9 Å². The van der Waals surface area contributed by atoms with E-state index in [0.29, 0.717) is 5.82 Å². The van der Waals surface area contributed by atoms with Gasteiger partial charge in [-0.15, -0.1) is 0 Å². The molecule has 2 rings (SSSR count). The minimum Gasteiger partial charge on any atom is -0.478 e. The Morgan fingerprint density at radius 1 is 1.16 bits per heavy atom. The van der Waals surface area contributed by atoms with Gasteiger partial charge in [0, 0.05) is 5.56 Å². The van der Waals surface area contributed by atoms with E-state index in [-0.39, 0.29) is 22.5 Å². The van der Waals surface area contributed by atoms with Gasteiger partial charge < -0.3 is 5.11 Å². The molecule has 0 radical (unpaired) electrons. The van der Waals surface area contributed by atoms with Gasteiger partial charge in [-0.1, -0.05) is 0 Å². The molecular formula is C13H10F2N2O2. The highest BCUT2D eigenvalue weighted by Crippen LogP contribution is 2.25. The fourth-order valence-electron chi connectivity index (χ4n) is 1.82. The Bertz CT molecular complexity index is 672. The predicted octanol–water partition coefficient (Wildman–Crippen LogP) is 2.74. The zero-order valence-electron chi connectivity index (χ0n) is 10.2. The number of benzene rings is 1. The van der Waals surface area contributed by atoms with Crippen molar-refractivity contribution in [1.29, 1.82) is 0 Å². The minimum atomic E-state index is -1.21. The van der Waals surface area contributed by atoms with Crippen LogP contribution in [0.15, 0.2) is 18.2 Å². The quantitative estimate of drug-likeness (QED) is 0.905. The Morgan fingerprint density at radius 3 is 2.42 bits per heavy atom. The van der Waals surface area contributed by atoms with E-state index in [1.807, 2.05) is 0 Å². The highest BCUT2D eigenvalue weighted by molar-refractivity contribution is 5.95. The fraction of sp³-hybridized carbons (Fsp3) is 0.154. The first kappa shape index (κ1) is 13.1. The summed E-state index contributed by atoms with van der Waals surface area (Å²) in [6, 6.07) is 3.14. The summed E-state index contributed by atoms with van der Waals surface area (Å²) < 4.78 is 26.1. The largest absolute Gasteiger partial charge is 0.478 e. The third kappa shape index (κ3) is 2.42. The second-order valence-corrected chi connectivity index (χ2v) is 4.01. The summed E-state index contributed by atoms with van der Waals surface area (Å²) in [5.41, 5.74) is 0.442. The van der Waals surface area contributed by atoms with Gasteiger partial charge in [-0.25, -0.2) is 23.5 Å². The van der Waals surface area contributed by atoms with Crippen LogP contribution in [-0.2, 0) is 0 Å². The minimum absolute atomic E-state index is 0.0800. The van der Waals surface area contributed by atoms with Crippen LogP contribution < -0.4 is 0 Å². The molecule has 0 atom stereocenters. The van der Waals surface area contributed by atoms with E-state index in [9.17, 15) is 18.7 Å². The van der Waals surface area contributed by atoms with E-state index in [4.69, 9.17) is 0 Å². The third-order valence-electron chi connectivity index (χ3n) is 2.61. The first-order valence-corrected chi connectivity index (χ1v) is 5.44. The molecule has 98 valence electrons. The second kappa shape index (κ2) is 4.72. The standard InChI is InChI=1S/C13H10F2N2O2/c1-6-11(13(18)19)12(17-7(2)16-6)8-3-4-9(14)10(15)5-8/h3-5H,1-2H3,(H,18,19). The number of aromatic nitrogens is 2. The lowest BCUT2D eigenvalue weighted by molar-refractivity contribution is 0.0696. The molecule has 0 fully saturated rings. The van der Waals surface area contributed by atoms with Crippen molar-refractivity contribution in [1.82, 2.24) is 9.97 Å². The molecule has 1 aromatic heterocycles. The van der Waals surface area contributed by atoms with Gasteiger partial charge in [0.05, 0.1) is 11.4 Å². The van der Waals surface area contributed by atoms with Crippen LogP contribution in [0, 0.1) is 25.5 Å². The molecule has 0 amide bonds. The van der Waals surface area contributed by atoms with Crippen LogP contribution in [0.25, 0.3) is 11.3 Å². The van der Waals surface area contributed by atoms with E-state index < -0.39 is 17.6 Å². The van der Waals surface area contributed by atoms with Crippen LogP contribution >= 0.6 is 0 Å². The normalized spacial score (nSPS) is 10.5. The van der Waals surface area contributed by atoms with Crippen molar-refractivity contribution in [2.24, 2.45) is 0 Å². The molecule has 1 N–H and O–H groups in total. The lowest BCUT2D eigenvalue weighted by atomic mass is 10.0. The zero-order valence-corrected chi connectivity index (χ0v) is 10.2. The summed E-state index contributed by atoms with van der Waals surface area (Å²) in [4.78, 5) is 19.2. The van der Waals surface area contributed by atoms with E-state index in [0.717, 1.165) is 12.1 Å². The van der Waals surface area contributed by atoms with Crippen molar-refractivity contribution >= 4 is 5.97 Å². The number of hydrogen-bond acceptors (Lipinski definition) is 3. The van der Waals surface area contributed by atoms with Gasteiger partial charge >= 0.3 is 5.97 Å². The van der Waals surface area contributed by atoms with Crippen molar-refractivity contribution in [2.75, 3.05) is 0 Å². The Kier molecular flexibility index (Phi) is 3.25. The molecule has 0 saturated carbocycles. The Hall–Kier alpha value is -2.37. The molecule has 19 heavy (non-hydrogen) atoms. The van der Waals surface area contributed by atoms with Gasteiger partial charge in [0.15, 0.2) is 11.6 Å². The van der Waals surface area contributed by atoms with Gasteiger partial charge in [-0.2, -0.15) is 0 Å². The van der Waals surface area contributed by atoms with Crippen molar-refractivity contribution in [3.63, 3.8) is 0 Å². The van der Waals surface area contributed by atoms with Crippen LogP contribution in [0.3, 0.4) is 0 Å². The predicted molar refractivity (Wildman–Crippen MR) is 63.8 cm³/mol. The van der Waals surface area contributed by atoms with Crippen LogP contribution in [0.4, 0.5) is 8.78 Å². The highest BCUT2D eigenvalue weighted by Gasteiger charge is 2.19. The topological polar surface area (TPSA) is 63.1 Å². The molecule has 0 aliphatic heterocycles. The van der Waals surface area contributed by atoms with Crippen LogP contribution in [0.2, 0.25) is 0 Å². The first-order valence-electron chi connectivity index (χ1n) is 5.44. The first-order chi connectivity index (χ1) is 8.90. The van der Waals surface area contributed by atoms with Crippen molar-refractivity contribution < 1.29 is 18.7 Å². The van der Waals surface area contributed by atoms with Gasteiger partial charge in [0.2, 0.25) is 0 Å². The Balaban J connectivity index is 2.73. The molecule has 2 aromatic rings. The molecule has 0 spiro atoms. The molecule has 6 heteroatoms. The second-order valence-electron chi connectivity index (χ2n) is 4.01. The summed E-state index contributed by atoms with van der Waals surface area (Å²) in [7, 11) is 0. The molecule has 0 aliphatic carbocycles. The van der Waals surface area contributed by atoms with Crippen molar-refractivity contribution in [2.45, 2.75) is 13.8 Å². The Labute approximate surface area is 107 Å². The zero-order chi connectivity index (χ0) is 14.2. The number of hydrogen-bond donors (Lipinski definition) is 1. The Morgan fingerprint density at radius 2 is 1.84 bits per heavy atom. The number of carboxylic acids is 1. The average Bonchev–Trinajstić information content (AvgIpc) is 2.31. The summed E-state index contributed by atoms with van der Waals surface area (Å²) in [5.74, 6) is -2.90. The van der Waals surface area contributed by atoms with Crippen LogP contribution in [0.5, 0.6) is 0 Å². The lowest BCUT2D eigenvalue weighted by Crippen LogP contribution is -2.08. The molecule has 0 aliphatic rings. The summed E-state index contributed by atoms with van der Waals surface area (Å²) in [6.45, 7) is 3.13. The summed E-state index contributed by atoms with van der Waals surface area (Å²) in [5, 5.41) is 9.17. The van der Waals surface area contributed by atoms with E-state index >= 15 is 0 Å². The van der Waals surface area contributed by atoms with E-state index in [1.54, 1.807) is 6.92 Å². The number of carboxylic acid groups (broad SMARTS) is 1. The maximum Gasteiger partial charge on any atom is 0.339 e.